The molecule has 3 rings (SSSR count). The van der Waals surface area contributed by atoms with Crippen molar-refractivity contribution in [1.29, 1.82) is 0 Å². The van der Waals surface area contributed by atoms with Crippen LogP contribution in [0.1, 0.15) is 24.0 Å². The van der Waals surface area contributed by atoms with Crippen LogP contribution in [0.5, 0.6) is 5.75 Å². The summed E-state index contributed by atoms with van der Waals surface area (Å²) in [5, 5.41) is 0. The molecule has 0 bridgehead atoms. The first kappa shape index (κ1) is 19.2. The first-order chi connectivity index (χ1) is 12.8. The summed E-state index contributed by atoms with van der Waals surface area (Å²) in [6, 6.07) is 11.9. The van der Waals surface area contributed by atoms with Crippen molar-refractivity contribution < 1.29 is 27.1 Å². The summed E-state index contributed by atoms with van der Waals surface area (Å²) in [5.41, 5.74) is -0.271. The maximum Gasteiger partial charge on any atom is 0.416 e. The maximum absolute atomic E-state index is 13.3. The number of hydrogen-bond acceptors (Lipinski definition) is 3. The lowest BCUT2D eigenvalue weighted by Crippen LogP contribution is -2.34. The molecular weight excluding hydrogens is 362 g/mol. The van der Waals surface area contributed by atoms with Crippen LogP contribution in [0.4, 0.5) is 23.2 Å². The van der Waals surface area contributed by atoms with Crippen molar-refractivity contribution >= 4 is 11.7 Å². The third-order valence-electron chi connectivity index (χ3n) is 4.42. The van der Waals surface area contributed by atoms with Gasteiger partial charge in [0.25, 0.3) is 0 Å². The Bertz CT molecular complexity index is 784. The molecule has 0 saturated carbocycles. The van der Waals surface area contributed by atoms with E-state index in [1.54, 1.807) is 41.3 Å². The highest BCUT2D eigenvalue weighted by molar-refractivity contribution is 5.75. The minimum atomic E-state index is -4.54. The number of benzene rings is 2. The van der Waals surface area contributed by atoms with Gasteiger partial charge in [0.15, 0.2) is 0 Å². The summed E-state index contributed by atoms with van der Waals surface area (Å²) in [6.07, 6.45) is -5.19. The van der Waals surface area contributed by atoms with Crippen LogP contribution in [0.2, 0.25) is 0 Å². The molecule has 7 heteroatoms. The topological polar surface area (TPSA) is 29.5 Å². The average Bonchev–Trinajstić information content (AvgIpc) is 2.62. The lowest BCUT2D eigenvalue weighted by Gasteiger charge is -2.31. The minimum absolute atomic E-state index is 0.211. The molecule has 1 heterocycles. The van der Waals surface area contributed by atoms with Crippen LogP contribution in [0.25, 0.3) is 0 Å². The van der Waals surface area contributed by atoms with Crippen molar-refractivity contribution in [3.8, 4) is 5.75 Å². The van der Waals surface area contributed by atoms with Crippen LogP contribution in [-0.4, -0.2) is 25.2 Å². The Morgan fingerprint density at radius 3 is 2.37 bits per heavy atom. The predicted octanol–water partition coefficient (Wildman–Crippen LogP) is 4.79. The summed E-state index contributed by atoms with van der Waals surface area (Å²) >= 11 is 0. The standard InChI is InChI=1S/C20H19F4NO2/c21-16-6-8-25(9-7-16)17-11-14(10-15(13-17)20(22,23)24)12-19(26)27-18-4-2-1-3-5-18/h1-5,10-11,13,16H,6-9,12H2. The van der Waals surface area contributed by atoms with Gasteiger partial charge in [-0.2, -0.15) is 13.2 Å². The van der Waals surface area contributed by atoms with E-state index in [0.717, 1.165) is 12.1 Å². The quantitative estimate of drug-likeness (QED) is 0.433. The molecular formula is C20H19F4NO2. The molecule has 1 fully saturated rings. The molecule has 27 heavy (non-hydrogen) atoms. The number of esters is 1. The third kappa shape index (κ3) is 5.21. The zero-order valence-corrected chi connectivity index (χ0v) is 14.5. The van der Waals surface area contributed by atoms with E-state index >= 15 is 0 Å². The second-order valence-electron chi connectivity index (χ2n) is 6.51. The number of para-hydroxylation sites is 1. The van der Waals surface area contributed by atoms with E-state index in [4.69, 9.17) is 4.74 Å². The van der Waals surface area contributed by atoms with Crippen LogP contribution in [0.15, 0.2) is 48.5 Å². The molecule has 144 valence electrons. The van der Waals surface area contributed by atoms with Crippen molar-refractivity contribution in [3.63, 3.8) is 0 Å². The highest BCUT2D eigenvalue weighted by Gasteiger charge is 2.32. The van der Waals surface area contributed by atoms with Gasteiger partial charge in [0, 0.05) is 18.8 Å². The van der Waals surface area contributed by atoms with Crippen molar-refractivity contribution in [2.75, 3.05) is 18.0 Å². The molecule has 1 aliphatic heterocycles. The van der Waals surface area contributed by atoms with E-state index in [2.05, 4.69) is 0 Å². The number of nitrogens with zero attached hydrogens (tertiary/aromatic N) is 1. The molecule has 2 aromatic carbocycles. The fourth-order valence-corrected chi connectivity index (χ4v) is 3.05. The van der Waals surface area contributed by atoms with Gasteiger partial charge >= 0.3 is 12.1 Å². The monoisotopic (exact) mass is 381 g/mol. The minimum Gasteiger partial charge on any atom is -0.426 e. The first-order valence-electron chi connectivity index (χ1n) is 8.67. The maximum atomic E-state index is 13.3. The van der Waals surface area contributed by atoms with E-state index in [1.807, 2.05) is 0 Å². The molecule has 0 spiro atoms. The second kappa shape index (κ2) is 7.98. The largest absolute Gasteiger partial charge is 0.426 e. The molecule has 0 amide bonds. The number of anilines is 1. The molecule has 1 saturated heterocycles. The van der Waals surface area contributed by atoms with E-state index in [-0.39, 0.29) is 24.8 Å². The van der Waals surface area contributed by atoms with Crippen LogP contribution in [0.3, 0.4) is 0 Å². The number of piperidine rings is 1. The van der Waals surface area contributed by atoms with E-state index < -0.39 is 23.9 Å². The molecule has 3 nitrogen and oxygen atoms in total. The molecule has 0 radical (unpaired) electrons. The average molecular weight is 381 g/mol. The second-order valence-corrected chi connectivity index (χ2v) is 6.51. The Morgan fingerprint density at radius 1 is 1.07 bits per heavy atom. The van der Waals surface area contributed by atoms with Crippen molar-refractivity contribution in [2.24, 2.45) is 0 Å². The molecule has 0 atom stereocenters. The molecule has 0 aliphatic carbocycles. The lowest BCUT2D eigenvalue weighted by atomic mass is 10.0. The summed E-state index contributed by atoms with van der Waals surface area (Å²) < 4.78 is 58.3. The van der Waals surface area contributed by atoms with Gasteiger partial charge in [-0.1, -0.05) is 18.2 Å². The highest BCUT2D eigenvalue weighted by Crippen LogP contribution is 2.34. The number of hydrogen-bond donors (Lipinski definition) is 0. The number of alkyl halides is 4. The number of carbonyl (C=O) groups is 1. The predicted molar refractivity (Wildman–Crippen MR) is 93.6 cm³/mol. The van der Waals surface area contributed by atoms with E-state index in [9.17, 15) is 22.4 Å². The van der Waals surface area contributed by atoms with Crippen LogP contribution >= 0.6 is 0 Å². The van der Waals surface area contributed by atoms with Crippen molar-refractivity contribution in [3.05, 3.63) is 59.7 Å². The van der Waals surface area contributed by atoms with Crippen molar-refractivity contribution in [1.82, 2.24) is 0 Å². The number of halogens is 4. The number of carbonyl (C=O) groups excluding carboxylic acids is 1. The van der Waals surface area contributed by atoms with Crippen LogP contribution in [0, 0.1) is 0 Å². The highest BCUT2D eigenvalue weighted by atomic mass is 19.4. The Balaban J connectivity index is 1.81. The third-order valence-corrected chi connectivity index (χ3v) is 4.42. The van der Waals surface area contributed by atoms with Crippen molar-refractivity contribution in [2.45, 2.75) is 31.6 Å². The molecule has 1 aliphatic rings. The molecule has 0 aromatic heterocycles. The zero-order chi connectivity index (χ0) is 19.4. The smallest absolute Gasteiger partial charge is 0.416 e. The van der Waals surface area contributed by atoms with Gasteiger partial charge in [0.1, 0.15) is 11.9 Å². The molecule has 0 unspecified atom stereocenters. The van der Waals surface area contributed by atoms with Crippen LogP contribution < -0.4 is 9.64 Å². The van der Waals surface area contributed by atoms with E-state index in [1.165, 1.54) is 0 Å². The molecule has 0 N–H and O–H groups in total. The Kier molecular flexibility index (Phi) is 5.68. The fraction of sp³-hybridized carbons (Fsp3) is 0.350. The Morgan fingerprint density at radius 2 is 1.74 bits per heavy atom. The normalized spacial score (nSPS) is 15.6. The Labute approximate surface area is 154 Å². The first-order valence-corrected chi connectivity index (χ1v) is 8.67. The van der Waals surface area contributed by atoms with Gasteiger partial charge in [-0.3, -0.25) is 4.79 Å². The fourth-order valence-electron chi connectivity index (χ4n) is 3.05. The molecule has 2 aromatic rings. The Hall–Kier alpha value is -2.57. The van der Waals surface area contributed by atoms with Gasteiger partial charge in [-0.25, -0.2) is 4.39 Å². The van der Waals surface area contributed by atoms with Gasteiger partial charge in [0.2, 0.25) is 0 Å². The number of ether oxygens (including phenoxy) is 1. The zero-order valence-electron chi connectivity index (χ0n) is 14.5. The summed E-state index contributed by atoms with van der Waals surface area (Å²) in [6.45, 7) is 0.687. The van der Waals surface area contributed by atoms with Gasteiger partial charge in [-0.15, -0.1) is 0 Å². The van der Waals surface area contributed by atoms with Crippen LogP contribution in [-0.2, 0) is 17.4 Å². The van der Waals surface area contributed by atoms with Gasteiger partial charge in [-0.05, 0) is 48.7 Å². The summed E-state index contributed by atoms with van der Waals surface area (Å²) in [7, 11) is 0. The summed E-state index contributed by atoms with van der Waals surface area (Å²) in [4.78, 5) is 13.8. The summed E-state index contributed by atoms with van der Waals surface area (Å²) in [5.74, 6) is -0.311. The van der Waals surface area contributed by atoms with Gasteiger partial charge < -0.3 is 9.64 Å². The van der Waals surface area contributed by atoms with Gasteiger partial charge in [0.05, 0.1) is 12.0 Å². The lowest BCUT2D eigenvalue weighted by molar-refractivity contribution is -0.138. The van der Waals surface area contributed by atoms with E-state index in [0.29, 0.717) is 24.5 Å². The SMILES string of the molecule is O=C(Cc1cc(N2CCC(F)CC2)cc(C(F)(F)F)c1)Oc1ccccc1. The number of rotatable bonds is 4.